The lowest BCUT2D eigenvalue weighted by atomic mass is 10.2. The molecule has 30 heavy (non-hydrogen) atoms. The van der Waals surface area contributed by atoms with E-state index in [0.717, 1.165) is 0 Å². The van der Waals surface area contributed by atoms with Gasteiger partial charge >= 0.3 is 18.0 Å². The monoisotopic (exact) mass is 421 g/mol. The third-order valence-corrected chi connectivity index (χ3v) is 3.99. The summed E-state index contributed by atoms with van der Waals surface area (Å²) in [4.78, 5) is 47.6. The number of esters is 2. The minimum atomic E-state index is -0.757. The Morgan fingerprint density at radius 3 is 2.50 bits per heavy atom. The van der Waals surface area contributed by atoms with Gasteiger partial charge in [0.05, 0.1) is 38.6 Å². The van der Waals surface area contributed by atoms with E-state index in [4.69, 9.17) is 18.9 Å². The Balaban J connectivity index is 1.93. The lowest BCUT2D eigenvalue weighted by Crippen LogP contribution is -2.45. The van der Waals surface area contributed by atoms with Crippen molar-refractivity contribution in [3.05, 3.63) is 35.0 Å². The maximum absolute atomic E-state index is 12.2. The van der Waals surface area contributed by atoms with Crippen LogP contribution in [0.15, 0.2) is 29.5 Å². The number of carbonyl (C=O) groups excluding carboxylic acids is 4. The largest absolute Gasteiger partial charge is 0.493 e. The van der Waals surface area contributed by atoms with Crippen LogP contribution >= 0.6 is 0 Å². The van der Waals surface area contributed by atoms with Crippen molar-refractivity contribution in [1.29, 1.82) is 0 Å². The van der Waals surface area contributed by atoms with Crippen LogP contribution in [0.2, 0.25) is 0 Å². The molecule has 1 heterocycles. The maximum Gasteiger partial charge on any atom is 0.337 e. The van der Waals surface area contributed by atoms with Crippen LogP contribution in [0.25, 0.3) is 0 Å². The van der Waals surface area contributed by atoms with Gasteiger partial charge in [-0.25, -0.2) is 9.59 Å². The summed E-state index contributed by atoms with van der Waals surface area (Å²) < 4.78 is 20.2. The van der Waals surface area contributed by atoms with Crippen molar-refractivity contribution in [3.8, 4) is 11.5 Å². The molecule has 0 spiro atoms. The molecule has 0 saturated heterocycles. The topological polar surface area (TPSA) is 141 Å². The Labute approximate surface area is 172 Å². The molecule has 0 aromatic heterocycles. The molecule has 0 unspecified atom stereocenters. The molecule has 0 bridgehead atoms. The summed E-state index contributed by atoms with van der Waals surface area (Å²) in [5.74, 6) is -1.07. The standard InChI is InChI=1S/C19H23N3O8/c1-4-29-18(25)12-8-21-19(26)22-13(12)10-30-16(23)9-20-17(24)11-5-6-14(27-2)15(7-11)28-3/h5-7H,4,8-10H2,1-3H3,(H,20,24)(H2,21,22,26). The number of benzene rings is 1. The van der Waals surface area contributed by atoms with Crippen LogP contribution in [0.5, 0.6) is 11.5 Å². The lowest BCUT2D eigenvalue weighted by molar-refractivity contribution is -0.142. The van der Waals surface area contributed by atoms with E-state index in [1.54, 1.807) is 13.0 Å². The van der Waals surface area contributed by atoms with E-state index in [0.29, 0.717) is 11.5 Å². The Morgan fingerprint density at radius 2 is 1.83 bits per heavy atom. The SMILES string of the molecule is CCOC(=O)C1=C(COC(=O)CNC(=O)c2ccc(OC)c(OC)c2)NC(=O)NC1. The van der Waals surface area contributed by atoms with Crippen molar-refractivity contribution in [2.24, 2.45) is 0 Å². The highest BCUT2D eigenvalue weighted by Gasteiger charge is 2.24. The van der Waals surface area contributed by atoms with E-state index in [2.05, 4.69) is 16.0 Å². The Hall–Kier alpha value is -3.76. The minimum Gasteiger partial charge on any atom is -0.493 e. The first kappa shape index (κ1) is 22.5. The van der Waals surface area contributed by atoms with Gasteiger partial charge in [0, 0.05) is 5.56 Å². The number of amides is 3. The zero-order chi connectivity index (χ0) is 22.1. The summed E-state index contributed by atoms with van der Waals surface area (Å²) in [6.45, 7) is 0.987. The number of hydrogen-bond donors (Lipinski definition) is 3. The van der Waals surface area contributed by atoms with E-state index in [1.165, 1.54) is 26.4 Å². The molecule has 11 heteroatoms. The molecule has 2 rings (SSSR count). The fourth-order valence-electron chi connectivity index (χ4n) is 2.50. The van der Waals surface area contributed by atoms with Gasteiger partial charge in [-0.15, -0.1) is 0 Å². The smallest absolute Gasteiger partial charge is 0.337 e. The zero-order valence-corrected chi connectivity index (χ0v) is 16.8. The van der Waals surface area contributed by atoms with Gasteiger partial charge in [0.15, 0.2) is 11.5 Å². The molecule has 0 atom stereocenters. The lowest BCUT2D eigenvalue weighted by Gasteiger charge is -2.21. The van der Waals surface area contributed by atoms with Gasteiger partial charge in [-0.3, -0.25) is 9.59 Å². The normalized spacial score (nSPS) is 13.0. The van der Waals surface area contributed by atoms with Crippen LogP contribution in [-0.4, -0.2) is 64.4 Å². The van der Waals surface area contributed by atoms with Gasteiger partial charge in [0.1, 0.15) is 13.2 Å². The second kappa shape index (κ2) is 10.7. The molecular weight excluding hydrogens is 398 g/mol. The van der Waals surface area contributed by atoms with Gasteiger partial charge in [-0.1, -0.05) is 0 Å². The van der Waals surface area contributed by atoms with Gasteiger partial charge < -0.3 is 34.9 Å². The molecule has 0 fully saturated rings. The number of nitrogens with one attached hydrogen (secondary N) is 3. The second-order valence-corrected chi connectivity index (χ2v) is 5.90. The summed E-state index contributed by atoms with van der Waals surface area (Å²) in [6, 6.07) is 4.02. The van der Waals surface area contributed by atoms with Crippen molar-refractivity contribution in [2.75, 3.05) is 40.5 Å². The number of carbonyl (C=O) groups is 4. The third kappa shape index (κ3) is 5.87. The fraction of sp³-hybridized carbons (Fsp3) is 0.368. The summed E-state index contributed by atoms with van der Waals surface area (Å²) in [5, 5.41) is 7.27. The second-order valence-electron chi connectivity index (χ2n) is 5.90. The van der Waals surface area contributed by atoms with Crippen molar-refractivity contribution in [3.63, 3.8) is 0 Å². The van der Waals surface area contributed by atoms with Gasteiger partial charge in [-0.2, -0.15) is 0 Å². The maximum atomic E-state index is 12.2. The molecule has 1 aliphatic rings. The molecule has 0 saturated carbocycles. The fourth-order valence-corrected chi connectivity index (χ4v) is 2.50. The zero-order valence-electron chi connectivity index (χ0n) is 16.8. The first-order chi connectivity index (χ1) is 14.4. The predicted molar refractivity (Wildman–Crippen MR) is 103 cm³/mol. The third-order valence-electron chi connectivity index (χ3n) is 3.99. The average Bonchev–Trinajstić information content (AvgIpc) is 2.75. The van der Waals surface area contributed by atoms with Crippen LogP contribution in [-0.2, 0) is 19.1 Å². The van der Waals surface area contributed by atoms with Gasteiger partial charge in [0.25, 0.3) is 5.91 Å². The Kier molecular flexibility index (Phi) is 8.03. The van der Waals surface area contributed by atoms with E-state index < -0.39 is 30.4 Å². The Morgan fingerprint density at radius 1 is 1.10 bits per heavy atom. The van der Waals surface area contributed by atoms with E-state index >= 15 is 0 Å². The van der Waals surface area contributed by atoms with Crippen molar-refractivity contribution >= 4 is 23.9 Å². The Bertz CT molecular complexity index is 865. The van der Waals surface area contributed by atoms with Gasteiger partial charge in [0.2, 0.25) is 0 Å². The van der Waals surface area contributed by atoms with Crippen LogP contribution in [0, 0.1) is 0 Å². The quantitative estimate of drug-likeness (QED) is 0.477. The molecule has 0 aliphatic carbocycles. The summed E-state index contributed by atoms with van der Waals surface area (Å²) in [6.07, 6.45) is 0. The summed E-state index contributed by atoms with van der Waals surface area (Å²) in [5.41, 5.74) is 0.536. The van der Waals surface area contributed by atoms with Crippen LogP contribution < -0.4 is 25.4 Å². The summed E-state index contributed by atoms with van der Waals surface area (Å²) in [7, 11) is 2.91. The highest BCUT2D eigenvalue weighted by Crippen LogP contribution is 2.27. The molecule has 3 N–H and O–H groups in total. The molecule has 11 nitrogen and oxygen atoms in total. The molecule has 1 aromatic rings. The molecule has 3 amide bonds. The number of rotatable bonds is 9. The highest BCUT2D eigenvalue weighted by molar-refractivity contribution is 5.96. The number of methoxy groups -OCH3 is 2. The molecule has 1 aliphatic heterocycles. The van der Waals surface area contributed by atoms with E-state index in [1.807, 2.05) is 0 Å². The first-order valence-corrected chi connectivity index (χ1v) is 8.99. The number of hydrogen-bond acceptors (Lipinski definition) is 8. The predicted octanol–water partition coefficient (Wildman–Crippen LogP) is 0.107. The van der Waals surface area contributed by atoms with Crippen LogP contribution in [0.4, 0.5) is 4.79 Å². The van der Waals surface area contributed by atoms with Gasteiger partial charge in [-0.05, 0) is 25.1 Å². The average molecular weight is 421 g/mol. The van der Waals surface area contributed by atoms with E-state index in [-0.39, 0.29) is 36.6 Å². The first-order valence-electron chi connectivity index (χ1n) is 8.99. The molecule has 1 aromatic carbocycles. The minimum absolute atomic E-state index is 0.0480. The number of ether oxygens (including phenoxy) is 4. The van der Waals surface area contributed by atoms with Crippen molar-refractivity contribution in [1.82, 2.24) is 16.0 Å². The highest BCUT2D eigenvalue weighted by atomic mass is 16.5. The molecule has 0 radical (unpaired) electrons. The van der Waals surface area contributed by atoms with Crippen molar-refractivity contribution < 1.29 is 38.1 Å². The molecule has 162 valence electrons. The van der Waals surface area contributed by atoms with Crippen LogP contribution in [0.3, 0.4) is 0 Å². The van der Waals surface area contributed by atoms with Crippen molar-refractivity contribution in [2.45, 2.75) is 6.92 Å². The number of urea groups is 1. The molecular formula is C19H23N3O8. The van der Waals surface area contributed by atoms with Crippen LogP contribution in [0.1, 0.15) is 17.3 Å². The summed E-state index contributed by atoms with van der Waals surface area (Å²) >= 11 is 0. The van der Waals surface area contributed by atoms with E-state index in [9.17, 15) is 19.2 Å².